The molecular weight excluding hydrogens is 330 g/mol. The van der Waals surface area contributed by atoms with Gasteiger partial charge in [0.25, 0.3) is 0 Å². The third-order valence-electron chi connectivity index (χ3n) is 4.88. The normalized spacial score (nSPS) is 11.0. The maximum Gasteiger partial charge on any atom is 0.139 e. The fourth-order valence-electron chi connectivity index (χ4n) is 3.77. The standard InChI is InChI=1S/C24H23N3/c1-15-6-5-7-20(14-15)23-22(19-8-10-25-11-9-19)26-24(27-23)21-17(3)12-16(2)13-18(21)4/h5-14H,1-4H3,(H,26,27). The molecule has 0 aliphatic carbocycles. The fourth-order valence-corrected chi connectivity index (χ4v) is 3.77. The lowest BCUT2D eigenvalue weighted by molar-refractivity contribution is 1.24. The molecule has 27 heavy (non-hydrogen) atoms. The van der Waals surface area contributed by atoms with Crippen LogP contribution >= 0.6 is 0 Å². The molecule has 4 rings (SSSR count). The highest BCUT2D eigenvalue weighted by Crippen LogP contribution is 2.35. The summed E-state index contributed by atoms with van der Waals surface area (Å²) in [5, 5.41) is 0. The maximum absolute atomic E-state index is 5.02. The quantitative estimate of drug-likeness (QED) is 0.488. The van der Waals surface area contributed by atoms with Gasteiger partial charge in [-0.3, -0.25) is 4.98 Å². The second kappa shape index (κ2) is 6.84. The van der Waals surface area contributed by atoms with Crippen molar-refractivity contribution < 1.29 is 0 Å². The number of nitrogens with zero attached hydrogens (tertiary/aromatic N) is 2. The van der Waals surface area contributed by atoms with Gasteiger partial charge in [-0.2, -0.15) is 0 Å². The van der Waals surface area contributed by atoms with Crippen LogP contribution in [0.25, 0.3) is 33.9 Å². The van der Waals surface area contributed by atoms with E-state index in [-0.39, 0.29) is 0 Å². The van der Waals surface area contributed by atoms with E-state index in [1.165, 1.54) is 27.8 Å². The van der Waals surface area contributed by atoms with Crippen LogP contribution in [0.15, 0.2) is 60.9 Å². The average molecular weight is 353 g/mol. The molecule has 0 amide bonds. The summed E-state index contributed by atoms with van der Waals surface area (Å²) in [4.78, 5) is 12.8. The number of H-pyrrole nitrogens is 1. The van der Waals surface area contributed by atoms with E-state index in [9.17, 15) is 0 Å². The predicted octanol–water partition coefficient (Wildman–Crippen LogP) is 6.04. The number of pyridine rings is 1. The number of aromatic amines is 1. The Morgan fingerprint density at radius 3 is 2.11 bits per heavy atom. The van der Waals surface area contributed by atoms with Crippen molar-refractivity contribution in [3.05, 3.63) is 83.2 Å². The van der Waals surface area contributed by atoms with Gasteiger partial charge in [0, 0.05) is 29.1 Å². The molecule has 1 N–H and O–H groups in total. The molecule has 0 saturated heterocycles. The highest BCUT2D eigenvalue weighted by atomic mass is 14.9. The lowest BCUT2D eigenvalue weighted by Crippen LogP contribution is -1.92. The molecule has 4 aromatic rings. The molecule has 0 radical (unpaired) electrons. The van der Waals surface area contributed by atoms with Crippen molar-refractivity contribution in [2.24, 2.45) is 0 Å². The molecule has 0 spiro atoms. The van der Waals surface area contributed by atoms with Crippen molar-refractivity contribution in [3.8, 4) is 33.9 Å². The number of imidazole rings is 1. The Labute approximate surface area is 160 Å². The van der Waals surface area contributed by atoms with Crippen LogP contribution in [0.4, 0.5) is 0 Å². The molecule has 0 fully saturated rings. The predicted molar refractivity (Wildman–Crippen MR) is 112 cm³/mol. The van der Waals surface area contributed by atoms with Gasteiger partial charge in [0.05, 0.1) is 11.4 Å². The van der Waals surface area contributed by atoms with Gasteiger partial charge in [-0.1, -0.05) is 41.5 Å². The number of benzene rings is 2. The summed E-state index contributed by atoms with van der Waals surface area (Å²) in [6.45, 7) is 8.54. The summed E-state index contributed by atoms with van der Waals surface area (Å²) in [6, 6.07) is 17.0. The Morgan fingerprint density at radius 2 is 1.44 bits per heavy atom. The first-order chi connectivity index (χ1) is 13.0. The van der Waals surface area contributed by atoms with Crippen LogP contribution in [0.3, 0.4) is 0 Å². The summed E-state index contributed by atoms with van der Waals surface area (Å²) in [5.41, 5.74) is 10.3. The van der Waals surface area contributed by atoms with Crippen LogP contribution in [-0.2, 0) is 0 Å². The summed E-state index contributed by atoms with van der Waals surface area (Å²) in [5.74, 6) is 0.910. The Bertz CT molecular complexity index is 1080. The first-order valence-electron chi connectivity index (χ1n) is 9.18. The SMILES string of the molecule is Cc1cccc(-c2[nH]c(-c3c(C)cc(C)cc3C)nc2-c2ccncc2)c1. The van der Waals surface area contributed by atoms with Crippen molar-refractivity contribution in [2.75, 3.05) is 0 Å². The molecule has 134 valence electrons. The number of hydrogen-bond donors (Lipinski definition) is 1. The van der Waals surface area contributed by atoms with Crippen LogP contribution in [-0.4, -0.2) is 15.0 Å². The van der Waals surface area contributed by atoms with Crippen LogP contribution in [0.2, 0.25) is 0 Å². The maximum atomic E-state index is 5.02. The molecule has 0 aliphatic heterocycles. The second-order valence-electron chi connectivity index (χ2n) is 7.19. The number of aromatic nitrogens is 3. The number of nitrogens with one attached hydrogen (secondary N) is 1. The van der Waals surface area contributed by atoms with Crippen LogP contribution < -0.4 is 0 Å². The van der Waals surface area contributed by atoms with Crippen LogP contribution in [0.5, 0.6) is 0 Å². The van der Waals surface area contributed by atoms with Crippen LogP contribution in [0, 0.1) is 27.7 Å². The molecule has 0 bridgehead atoms. The summed E-state index contributed by atoms with van der Waals surface area (Å²) < 4.78 is 0. The molecular formula is C24H23N3. The van der Waals surface area contributed by atoms with Crippen molar-refractivity contribution in [2.45, 2.75) is 27.7 Å². The molecule has 0 aliphatic rings. The van der Waals surface area contributed by atoms with Crippen LogP contribution in [0.1, 0.15) is 22.3 Å². The first-order valence-corrected chi connectivity index (χ1v) is 9.18. The van der Waals surface area contributed by atoms with E-state index in [0.29, 0.717) is 0 Å². The first kappa shape index (κ1) is 17.2. The zero-order chi connectivity index (χ0) is 19.0. The second-order valence-corrected chi connectivity index (χ2v) is 7.19. The molecule has 2 aromatic heterocycles. The Balaban J connectivity index is 1.97. The molecule has 0 unspecified atom stereocenters. The number of aryl methyl sites for hydroxylation is 4. The molecule has 3 nitrogen and oxygen atoms in total. The van der Waals surface area contributed by atoms with E-state index in [2.05, 4.69) is 74.1 Å². The van der Waals surface area contributed by atoms with E-state index in [0.717, 1.165) is 28.3 Å². The summed E-state index contributed by atoms with van der Waals surface area (Å²) >= 11 is 0. The average Bonchev–Trinajstić information content (AvgIpc) is 3.06. The monoisotopic (exact) mass is 353 g/mol. The third kappa shape index (κ3) is 3.28. The molecule has 2 heterocycles. The lowest BCUT2D eigenvalue weighted by Gasteiger charge is -2.08. The molecule has 0 atom stereocenters. The summed E-state index contributed by atoms with van der Waals surface area (Å²) in [6.07, 6.45) is 3.62. The largest absolute Gasteiger partial charge is 0.337 e. The zero-order valence-electron chi connectivity index (χ0n) is 16.2. The number of rotatable bonds is 3. The van der Waals surface area contributed by atoms with Gasteiger partial charge in [-0.05, 0) is 57.0 Å². The van der Waals surface area contributed by atoms with Gasteiger partial charge in [-0.15, -0.1) is 0 Å². The zero-order valence-corrected chi connectivity index (χ0v) is 16.2. The highest BCUT2D eigenvalue weighted by Gasteiger charge is 2.17. The van der Waals surface area contributed by atoms with Crippen molar-refractivity contribution in [1.82, 2.24) is 15.0 Å². The van der Waals surface area contributed by atoms with Gasteiger partial charge >= 0.3 is 0 Å². The van der Waals surface area contributed by atoms with Crippen molar-refractivity contribution in [1.29, 1.82) is 0 Å². The van der Waals surface area contributed by atoms with E-state index in [1.54, 1.807) is 0 Å². The molecule has 0 saturated carbocycles. The smallest absolute Gasteiger partial charge is 0.139 e. The van der Waals surface area contributed by atoms with Gasteiger partial charge in [0.2, 0.25) is 0 Å². The third-order valence-corrected chi connectivity index (χ3v) is 4.88. The van der Waals surface area contributed by atoms with E-state index >= 15 is 0 Å². The Hall–Kier alpha value is -3.20. The minimum atomic E-state index is 0.910. The van der Waals surface area contributed by atoms with E-state index in [4.69, 9.17) is 4.98 Å². The van der Waals surface area contributed by atoms with Gasteiger partial charge in [-0.25, -0.2) is 4.98 Å². The summed E-state index contributed by atoms with van der Waals surface area (Å²) in [7, 11) is 0. The molecule has 3 heteroatoms. The minimum Gasteiger partial charge on any atom is -0.337 e. The fraction of sp³-hybridized carbons (Fsp3) is 0.167. The molecule has 2 aromatic carbocycles. The minimum absolute atomic E-state index is 0.910. The van der Waals surface area contributed by atoms with Crippen molar-refractivity contribution in [3.63, 3.8) is 0 Å². The van der Waals surface area contributed by atoms with Crippen molar-refractivity contribution >= 4 is 0 Å². The highest BCUT2D eigenvalue weighted by molar-refractivity contribution is 5.82. The van der Waals surface area contributed by atoms with Gasteiger partial charge in [0.15, 0.2) is 0 Å². The Kier molecular flexibility index (Phi) is 4.36. The topological polar surface area (TPSA) is 41.6 Å². The lowest BCUT2D eigenvalue weighted by atomic mass is 9.99. The number of hydrogen-bond acceptors (Lipinski definition) is 2. The van der Waals surface area contributed by atoms with Gasteiger partial charge in [0.1, 0.15) is 5.82 Å². The Morgan fingerprint density at radius 1 is 0.741 bits per heavy atom. The van der Waals surface area contributed by atoms with E-state index in [1.807, 2.05) is 24.5 Å². The van der Waals surface area contributed by atoms with Gasteiger partial charge < -0.3 is 4.98 Å². The van der Waals surface area contributed by atoms with E-state index < -0.39 is 0 Å².